The second-order valence-corrected chi connectivity index (χ2v) is 4.04. The van der Waals surface area contributed by atoms with E-state index in [4.69, 9.17) is 5.11 Å². The Morgan fingerprint density at radius 1 is 0.850 bits per heavy atom. The number of para-hydroxylation sites is 1. The van der Waals surface area contributed by atoms with Crippen LogP contribution in [0.4, 0.5) is 0 Å². The summed E-state index contributed by atoms with van der Waals surface area (Å²) < 4.78 is 0. The highest BCUT2D eigenvalue weighted by molar-refractivity contribution is 6.14. The molecule has 0 aliphatic heterocycles. The molecule has 4 N–H and O–H groups in total. The van der Waals surface area contributed by atoms with Crippen molar-refractivity contribution in [3.05, 3.63) is 53.1 Å². The number of ketones is 1. The lowest BCUT2D eigenvalue weighted by Crippen LogP contribution is -2.05. The molecule has 2 aromatic rings. The van der Waals surface area contributed by atoms with Crippen molar-refractivity contribution in [1.29, 1.82) is 0 Å². The van der Waals surface area contributed by atoms with Crippen LogP contribution in [0.25, 0.3) is 0 Å². The predicted molar refractivity (Wildman–Crippen MR) is 68.3 cm³/mol. The molecule has 2 aromatic carbocycles. The third kappa shape index (κ3) is 2.26. The molecule has 0 amide bonds. The highest BCUT2D eigenvalue weighted by Gasteiger charge is 2.22. The van der Waals surface area contributed by atoms with Gasteiger partial charge in [0.15, 0.2) is 0 Å². The Labute approximate surface area is 113 Å². The van der Waals surface area contributed by atoms with Crippen LogP contribution in [-0.4, -0.2) is 32.2 Å². The number of phenolic OH excluding ortho intramolecular Hbond substituents is 3. The number of carboxylic acids is 1. The molecule has 0 radical (unpaired) electrons. The summed E-state index contributed by atoms with van der Waals surface area (Å²) in [5.74, 6) is -3.81. The van der Waals surface area contributed by atoms with Crippen molar-refractivity contribution in [2.24, 2.45) is 0 Å². The number of hydrogen-bond donors (Lipinski definition) is 4. The normalized spacial score (nSPS) is 10.2. The molecule has 6 nitrogen and oxygen atoms in total. The van der Waals surface area contributed by atoms with E-state index in [1.54, 1.807) is 0 Å². The van der Waals surface area contributed by atoms with E-state index in [1.165, 1.54) is 24.3 Å². The smallest absolute Gasteiger partial charge is 0.335 e. The van der Waals surface area contributed by atoms with Crippen LogP contribution in [0.1, 0.15) is 26.3 Å². The maximum Gasteiger partial charge on any atom is 0.335 e. The number of hydrogen-bond acceptors (Lipinski definition) is 5. The fourth-order valence-corrected chi connectivity index (χ4v) is 1.77. The van der Waals surface area contributed by atoms with Gasteiger partial charge in [-0.15, -0.1) is 0 Å². The van der Waals surface area contributed by atoms with Gasteiger partial charge in [0.2, 0.25) is 5.78 Å². The Bertz CT molecular complexity index is 682. The molecule has 2 rings (SSSR count). The van der Waals surface area contributed by atoms with Crippen LogP contribution in [0.3, 0.4) is 0 Å². The third-order valence-corrected chi connectivity index (χ3v) is 2.72. The highest BCUT2D eigenvalue weighted by Crippen LogP contribution is 2.32. The van der Waals surface area contributed by atoms with Crippen LogP contribution in [-0.2, 0) is 0 Å². The van der Waals surface area contributed by atoms with Gasteiger partial charge in [0.05, 0.1) is 11.1 Å². The van der Waals surface area contributed by atoms with Gasteiger partial charge in [-0.25, -0.2) is 4.79 Å². The van der Waals surface area contributed by atoms with Gasteiger partial charge >= 0.3 is 5.97 Å². The molecule has 0 saturated carbocycles. The first-order chi connectivity index (χ1) is 9.41. The predicted octanol–water partition coefficient (Wildman–Crippen LogP) is 1.73. The topological polar surface area (TPSA) is 115 Å². The van der Waals surface area contributed by atoms with E-state index in [0.717, 1.165) is 12.1 Å². The second kappa shape index (κ2) is 4.93. The van der Waals surface area contributed by atoms with Gasteiger partial charge in [0, 0.05) is 0 Å². The lowest BCUT2D eigenvalue weighted by molar-refractivity contribution is 0.0695. The maximum absolute atomic E-state index is 12.2. The molecular weight excluding hydrogens is 264 g/mol. The average Bonchev–Trinajstić information content (AvgIpc) is 2.38. The highest BCUT2D eigenvalue weighted by atomic mass is 16.4. The molecule has 0 fully saturated rings. The van der Waals surface area contributed by atoms with Crippen LogP contribution in [0.15, 0.2) is 36.4 Å². The van der Waals surface area contributed by atoms with Crippen molar-refractivity contribution >= 4 is 11.8 Å². The Morgan fingerprint density at radius 2 is 1.40 bits per heavy atom. The number of carbonyl (C=O) groups is 2. The molecule has 6 heteroatoms. The summed E-state index contributed by atoms with van der Waals surface area (Å²) in [4.78, 5) is 22.9. The Hall–Kier alpha value is -3.02. The standard InChI is InChI=1S/C14H10O6/c15-9-4-2-1-3-8(9)13(18)12-10(16)5-7(14(19)20)6-11(12)17/h1-6,15-17H,(H,19,20). The summed E-state index contributed by atoms with van der Waals surface area (Å²) >= 11 is 0. The number of carboxylic acid groups (broad SMARTS) is 1. The van der Waals surface area contributed by atoms with Gasteiger partial charge in [0.25, 0.3) is 0 Å². The van der Waals surface area contributed by atoms with Crippen molar-refractivity contribution in [3.8, 4) is 17.2 Å². The zero-order valence-corrected chi connectivity index (χ0v) is 10.1. The SMILES string of the molecule is O=C(O)c1cc(O)c(C(=O)c2ccccc2O)c(O)c1. The minimum absolute atomic E-state index is 0.110. The molecule has 0 aliphatic rings. The fourth-order valence-electron chi connectivity index (χ4n) is 1.77. The zero-order valence-electron chi connectivity index (χ0n) is 10.1. The van der Waals surface area contributed by atoms with Gasteiger partial charge < -0.3 is 20.4 Å². The van der Waals surface area contributed by atoms with E-state index >= 15 is 0 Å². The minimum atomic E-state index is -1.35. The molecule has 0 atom stereocenters. The number of benzene rings is 2. The Balaban J connectivity index is 2.57. The third-order valence-electron chi connectivity index (χ3n) is 2.72. The van der Waals surface area contributed by atoms with Gasteiger partial charge in [-0.3, -0.25) is 4.79 Å². The molecule has 0 heterocycles. The van der Waals surface area contributed by atoms with E-state index in [-0.39, 0.29) is 16.9 Å². The van der Waals surface area contributed by atoms with E-state index in [9.17, 15) is 24.9 Å². The summed E-state index contributed by atoms with van der Waals surface area (Å²) in [7, 11) is 0. The molecule has 0 saturated heterocycles. The van der Waals surface area contributed by atoms with Crippen LogP contribution in [0.5, 0.6) is 17.2 Å². The van der Waals surface area contributed by atoms with E-state index < -0.39 is 28.8 Å². The number of aromatic carboxylic acids is 1. The van der Waals surface area contributed by atoms with Gasteiger partial charge in [0.1, 0.15) is 22.8 Å². The first-order valence-corrected chi connectivity index (χ1v) is 5.53. The monoisotopic (exact) mass is 274 g/mol. The fraction of sp³-hybridized carbons (Fsp3) is 0. The van der Waals surface area contributed by atoms with Crippen molar-refractivity contribution < 1.29 is 30.0 Å². The molecular formula is C14H10O6. The van der Waals surface area contributed by atoms with E-state index in [2.05, 4.69) is 0 Å². The largest absolute Gasteiger partial charge is 0.507 e. The van der Waals surface area contributed by atoms with Gasteiger partial charge in [-0.05, 0) is 24.3 Å². The van der Waals surface area contributed by atoms with Crippen molar-refractivity contribution in [2.45, 2.75) is 0 Å². The van der Waals surface area contributed by atoms with Crippen molar-refractivity contribution in [2.75, 3.05) is 0 Å². The Kier molecular flexibility index (Phi) is 3.30. The van der Waals surface area contributed by atoms with Gasteiger partial charge in [-0.1, -0.05) is 12.1 Å². The summed E-state index contributed by atoms with van der Waals surface area (Å²) in [6, 6.07) is 7.34. The summed E-state index contributed by atoms with van der Waals surface area (Å²) in [5, 5.41) is 37.8. The maximum atomic E-state index is 12.2. The Morgan fingerprint density at radius 3 is 1.90 bits per heavy atom. The molecule has 102 valence electrons. The molecule has 20 heavy (non-hydrogen) atoms. The number of rotatable bonds is 3. The first-order valence-electron chi connectivity index (χ1n) is 5.53. The van der Waals surface area contributed by atoms with Crippen molar-refractivity contribution in [1.82, 2.24) is 0 Å². The summed E-state index contributed by atoms with van der Waals surface area (Å²) in [6.45, 7) is 0. The number of phenols is 3. The molecule has 0 aliphatic carbocycles. The van der Waals surface area contributed by atoms with Crippen LogP contribution >= 0.6 is 0 Å². The quantitative estimate of drug-likeness (QED) is 0.633. The van der Waals surface area contributed by atoms with Crippen LogP contribution < -0.4 is 0 Å². The lowest BCUT2D eigenvalue weighted by Gasteiger charge is -2.09. The first kappa shape index (κ1) is 13.4. The lowest BCUT2D eigenvalue weighted by atomic mass is 9.99. The molecule has 0 bridgehead atoms. The molecule has 0 spiro atoms. The summed E-state index contributed by atoms with van der Waals surface area (Å²) in [5.41, 5.74) is -0.925. The summed E-state index contributed by atoms with van der Waals surface area (Å²) in [6.07, 6.45) is 0. The second-order valence-electron chi connectivity index (χ2n) is 4.04. The average molecular weight is 274 g/mol. The zero-order chi connectivity index (χ0) is 14.9. The van der Waals surface area contributed by atoms with Gasteiger partial charge in [-0.2, -0.15) is 0 Å². The molecule has 0 unspecified atom stereocenters. The number of aromatic hydroxyl groups is 3. The van der Waals surface area contributed by atoms with E-state index in [1.807, 2.05) is 0 Å². The van der Waals surface area contributed by atoms with Crippen LogP contribution in [0, 0.1) is 0 Å². The number of carbonyl (C=O) groups excluding carboxylic acids is 1. The van der Waals surface area contributed by atoms with E-state index in [0.29, 0.717) is 0 Å². The molecule has 0 aromatic heterocycles. The van der Waals surface area contributed by atoms with Crippen molar-refractivity contribution in [3.63, 3.8) is 0 Å². The van der Waals surface area contributed by atoms with Crippen LogP contribution in [0.2, 0.25) is 0 Å². The minimum Gasteiger partial charge on any atom is -0.507 e.